The average Bonchev–Trinajstić information content (AvgIpc) is 2.99. The number of aryl methyl sites for hydroxylation is 2. The smallest absolute Gasteiger partial charge is 0.263 e. The monoisotopic (exact) mass is 347 g/mol. The predicted octanol–water partition coefficient (Wildman–Crippen LogP) is 2.18. The highest BCUT2D eigenvalue weighted by atomic mass is 32.1. The molecule has 0 atom stereocenters. The summed E-state index contributed by atoms with van der Waals surface area (Å²) in [5.41, 5.74) is 1.30. The van der Waals surface area contributed by atoms with Gasteiger partial charge in [0.2, 0.25) is 0 Å². The number of nitrogens with zero attached hydrogens (tertiary/aromatic N) is 1. The van der Waals surface area contributed by atoms with Crippen LogP contribution in [0.1, 0.15) is 37.7 Å². The maximum atomic E-state index is 12.1. The van der Waals surface area contributed by atoms with Crippen LogP contribution < -0.4 is 15.4 Å². The van der Waals surface area contributed by atoms with E-state index in [4.69, 9.17) is 4.74 Å². The third kappa shape index (κ3) is 4.55. The lowest BCUT2D eigenvalue weighted by atomic mass is 10.2. The van der Waals surface area contributed by atoms with Gasteiger partial charge in [0.15, 0.2) is 0 Å². The molecule has 2 aromatic rings. The van der Waals surface area contributed by atoms with E-state index in [1.165, 1.54) is 11.3 Å². The number of carbonyl (C=O) groups is 2. The van der Waals surface area contributed by atoms with Crippen molar-refractivity contribution in [2.45, 2.75) is 20.3 Å². The maximum absolute atomic E-state index is 12.1. The lowest BCUT2D eigenvalue weighted by Gasteiger charge is -2.07. The van der Waals surface area contributed by atoms with Gasteiger partial charge in [-0.25, -0.2) is 4.98 Å². The number of methoxy groups -OCH3 is 1. The van der Waals surface area contributed by atoms with Crippen LogP contribution in [-0.2, 0) is 6.42 Å². The molecule has 0 spiro atoms. The third-order valence-electron chi connectivity index (χ3n) is 3.40. The van der Waals surface area contributed by atoms with Crippen molar-refractivity contribution in [2.75, 3.05) is 20.2 Å². The number of amides is 2. The number of aromatic nitrogens is 1. The van der Waals surface area contributed by atoms with Crippen molar-refractivity contribution in [3.05, 3.63) is 45.4 Å². The second-order valence-corrected chi connectivity index (χ2v) is 6.20. The Labute approximate surface area is 145 Å². The van der Waals surface area contributed by atoms with E-state index in [2.05, 4.69) is 15.6 Å². The van der Waals surface area contributed by atoms with E-state index < -0.39 is 0 Å². The van der Waals surface area contributed by atoms with Gasteiger partial charge in [-0.2, -0.15) is 0 Å². The Morgan fingerprint density at radius 3 is 2.29 bits per heavy atom. The molecule has 1 aromatic carbocycles. The van der Waals surface area contributed by atoms with Crippen LogP contribution in [0.5, 0.6) is 5.75 Å². The Morgan fingerprint density at radius 1 is 1.12 bits per heavy atom. The van der Waals surface area contributed by atoms with Crippen molar-refractivity contribution >= 4 is 23.2 Å². The number of carbonyl (C=O) groups excluding carboxylic acids is 2. The first-order valence-corrected chi connectivity index (χ1v) is 8.53. The Morgan fingerprint density at radius 2 is 1.75 bits per heavy atom. The molecule has 2 rings (SSSR count). The van der Waals surface area contributed by atoms with Crippen LogP contribution in [0.2, 0.25) is 0 Å². The summed E-state index contributed by atoms with van der Waals surface area (Å²) in [5, 5.41) is 6.52. The summed E-state index contributed by atoms with van der Waals surface area (Å²) in [4.78, 5) is 29.1. The Hall–Kier alpha value is -2.41. The number of rotatable bonds is 7. The highest BCUT2D eigenvalue weighted by molar-refractivity contribution is 7.13. The van der Waals surface area contributed by atoms with Gasteiger partial charge in [0.1, 0.15) is 10.6 Å². The zero-order valence-electron chi connectivity index (χ0n) is 14.0. The number of hydrogen-bond donors (Lipinski definition) is 2. The summed E-state index contributed by atoms with van der Waals surface area (Å²) in [5.74, 6) is 0.364. The molecule has 0 saturated heterocycles. The maximum Gasteiger partial charge on any atom is 0.263 e. The van der Waals surface area contributed by atoms with Crippen molar-refractivity contribution in [3.8, 4) is 5.75 Å². The van der Waals surface area contributed by atoms with E-state index in [9.17, 15) is 9.59 Å². The van der Waals surface area contributed by atoms with Gasteiger partial charge in [-0.3, -0.25) is 9.59 Å². The number of hydrogen-bond acceptors (Lipinski definition) is 5. The van der Waals surface area contributed by atoms with Gasteiger partial charge in [-0.15, -0.1) is 11.3 Å². The zero-order valence-corrected chi connectivity index (χ0v) is 14.8. The summed E-state index contributed by atoms with van der Waals surface area (Å²) in [6, 6.07) is 6.85. The van der Waals surface area contributed by atoms with Gasteiger partial charge in [0.05, 0.1) is 17.8 Å². The largest absolute Gasteiger partial charge is 0.497 e. The molecule has 1 heterocycles. The molecule has 0 bridgehead atoms. The molecule has 0 aliphatic rings. The van der Waals surface area contributed by atoms with Crippen molar-refractivity contribution < 1.29 is 14.3 Å². The molecule has 1 aromatic heterocycles. The van der Waals surface area contributed by atoms with E-state index in [1.54, 1.807) is 31.4 Å². The molecular formula is C17H21N3O3S. The van der Waals surface area contributed by atoms with Gasteiger partial charge in [0, 0.05) is 18.7 Å². The highest BCUT2D eigenvalue weighted by Gasteiger charge is 2.14. The fraction of sp³-hybridized carbons (Fsp3) is 0.353. The minimum atomic E-state index is -0.186. The van der Waals surface area contributed by atoms with E-state index in [1.807, 2.05) is 13.8 Å². The van der Waals surface area contributed by atoms with Gasteiger partial charge < -0.3 is 15.4 Å². The van der Waals surface area contributed by atoms with E-state index in [0.29, 0.717) is 29.3 Å². The molecule has 2 N–H and O–H groups in total. The summed E-state index contributed by atoms with van der Waals surface area (Å²) in [6.45, 7) is 4.55. The van der Waals surface area contributed by atoms with Gasteiger partial charge in [0.25, 0.3) is 11.8 Å². The highest BCUT2D eigenvalue weighted by Crippen LogP contribution is 2.18. The molecule has 0 unspecified atom stereocenters. The minimum absolute atomic E-state index is 0.150. The Kier molecular flexibility index (Phi) is 6.31. The average molecular weight is 347 g/mol. The normalized spacial score (nSPS) is 10.3. The van der Waals surface area contributed by atoms with Crippen molar-refractivity contribution in [1.82, 2.24) is 15.6 Å². The lowest BCUT2D eigenvalue weighted by molar-refractivity contribution is 0.0929. The molecule has 7 heteroatoms. The van der Waals surface area contributed by atoms with Crippen LogP contribution in [0.25, 0.3) is 0 Å². The first kappa shape index (κ1) is 17.9. The number of benzene rings is 1. The zero-order chi connectivity index (χ0) is 17.5. The van der Waals surface area contributed by atoms with E-state index in [-0.39, 0.29) is 11.8 Å². The molecule has 2 amide bonds. The second-order valence-electron chi connectivity index (χ2n) is 5.12. The molecule has 128 valence electrons. The first-order valence-electron chi connectivity index (χ1n) is 7.72. The SMILES string of the molecule is CCc1nc(C)c(C(=O)NCCNC(=O)c2ccc(OC)cc2)s1. The van der Waals surface area contributed by atoms with Crippen molar-refractivity contribution in [3.63, 3.8) is 0 Å². The second kappa shape index (κ2) is 8.44. The molecule has 6 nitrogen and oxygen atoms in total. The quantitative estimate of drug-likeness (QED) is 0.753. The molecule has 0 saturated carbocycles. The Bertz CT molecular complexity index is 710. The molecule has 0 aliphatic heterocycles. The van der Waals surface area contributed by atoms with Gasteiger partial charge in [-0.05, 0) is 37.6 Å². The molecule has 24 heavy (non-hydrogen) atoms. The minimum Gasteiger partial charge on any atom is -0.497 e. The van der Waals surface area contributed by atoms with E-state index in [0.717, 1.165) is 17.1 Å². The predicted molar refractivity (Wildman–Crippen MR) is 93.9 cm³/mol. The topological polar surface area (TPSA) is 80.3 Å². The molecule has 0 aliphatic carbocycles. The first-order chi connectivity index (χ1) is 11.5. The fourth-order valence-electron chi connectivity index (χ4n) is 2.09. The number of ether oxygens (including phenoxy) is 1. The van der Waals surface area contributed by atoms with Crippen LogP contribution in [0.3, 0.4) is 0 Å². The van der Waals surface area contributed by atoms with Gasteiger partial charge in [-0.1, -0.05) is 6.92 Å². The summed E-state index contributed by atoms with van der Waals surface area (Å²) >= 11 is 1.41. The van der Waals surface area contributed by atoms with Crippen molar-refractivity contribution in [1.29, 1.82) is 0 Å². The molecule has 0 fully saturated rings. The lowest BCUT2D eigenvalue weighted by Crippen LogP contribution is -2.34. The standard InChI is InChI=1S/C17H21N3O3S/c1-4-14-20-11(2)15(24-14)17(22)19-10-9-18-16(21)12-5-7-13(23-3)8-6-12/h5-8H,4,9-10H2,1-3H3,(H,18,21)(H,19,22). The van der Waals surface area contributed by atoms with Crippen molar-refractivity contribution in [2.24, 2.45) is 0 Å². The van der Waals surface area contributed by atoms with E-state index >= 15 is 0 Å². The van der Waals surface area contributed by atoms with Crippen LogP contribution in [0.15, 0.2) is 24.3 Å². The van der Waals surface area contributed by atoms with Crippen LogP contribution in [-0.4, -0.2) is 37.0 Å². The van der Waals surface area contributed by atoms with Crippen LogP contribution in [0, 0.1) is 6.92 Å². The summed E-state index contributed by atoms with van der Waals surface area (Å²) in [7, 11) is 1.58. The summed E-state index contributed by atoms with van der Waals surface area (Å²) < 4.78 is 5.05. The molecule has 0 radical (unpaired) electrons. The fourth-order valence-corrected chi connectivity index (χ4v) is 3.01. The third-order valence-corrected chi connectivity index (χ3v) is 4.70. The van der Waals surface area contributed by atoms with Crippen LogP contribution >= 0.6 is 11.3 Å². The Balaban J connectivity index is 1.78. The van der Waals surface area contributed by atoms with Gasteiger partial charge >= 0.3 is 0 Å². The van der Waals surface area contributed by atoms with Crippen LogP contribution in [0.4, 0.5) is 0 Å². The summed E-state index contributed by atoms with van der Waals surface area (Å²) in [6.07, 6.45) is 0.816. The molecular weight excluding hydrogens is 326 g/mol. The number of nitrogens with one attached hydrogen (secondary N) is 2. The number of thiazole rings is 1.